The molecule has 1 aromatic carbocycles. The van der Waals surface area contributed by atoms with Gasteiger partial charge in [-0.15, -0.1) is 0 Å². The summed E-state index contributed by atoms with van der Waals surface area (Å²) in [4.78, 5) is 0. The van der Waals surface area contributed by atoms with Crippen LogP contribution in [0.25, 0.3) is 0 Å². The SMILES string of the molecule is CCCSCC(O)c1ccc(C)cc1C. The molecule has 0 aromatic heterocycles. The molecule has 0 radical (unpaired) electrons. The molecule has 0 heterocycles. The Kier molecular flexibility index (Phi) is 5.20. The van der Waals surface area contributed by atoms with Crippen LogP contribution in [0.4, 0.5) is 0 Å². The Labute approximate surface area is 96.9 Å². The van der Waals surface area contributed by atoms with Gasteiger partial charge in [0.2, 0.25) is 0 Å². The number of benzene rings is 1. The van der Waals surface area contributed by atoms with E-state index >= 15 is 0 Å². The maximum absolute atomic E-state index is 10.00. The fourth-order valence-corrected chi connectivity index (χ4v) is 2.49. The summed E-state index contributed by atoms with van der Waals surface area (Å²) in [6.45, 7) is 6.31. The zero-order chi connectivity index (χ0) is 11.3. The second-order valence-corrected chi connectivity index (χ2v) is 5.10. The molecular formula is C13H20OS. The lowest BCUT2D eigenvalue weighted by Crippen LogP contribution is -2.03. The van der Waals surface area contributed by atoms with E-state index < -0.39 is 0 Å². The van der Waals surface area contributed by atoms with Crippen LogP contribution in [-0.4, -0.2) is 16.6 Å². The molecular weight excluding hydrogens is 204 g/mol. The van der Waals surface area contributed by atoms with Gasteiger partial charge in [0.25, 0.3) is 0 Å². The largest absolute Gasteiger partial charge is 0.388 e. The van der Waals surface area contributed by atoms with Crippen LogP contribution in [-0.2, 0) is 0 Å². The van der Waals surface area contributed by atoms with Crippen LogP contribution in [0.3, 0.4) is 0 Å². The van der Waals surface area contributed by atoms with Crippen molar-refractivity contribution in [3.63, 3.8) is 0 Å². The fraction of sp³-hybridized carbons (Fsp3) is 0.538. The monoisotopic (exact) mass is 224 g/mol. The molecule has 0 saturated heterocycles. The van der Waals surface area contributed by atoms with E-state index in [1.807, 2.05) is 17.8 Å². The van der Waals surface area contributed by atoms with Crippen LogP contribution < -0.4 is 0 Å². The lowest BCUT2D eigenvalue weighted by molar-refractivity contribution is 0.203. The summed E-state index contributed by atoms with van der Waals surface area (Å²) in [7, 11) is 0. The van der Waals surface area contributed by atoms with Crippen molar-refractivity contribution >= 4 is 11.8 Å². The molecule has 2 heteroatoms. The number of hydrogen-bond acceptors (Lipinski definition) is 2. The molecule has 0 fully saturated rings. The first-order valence-corrected chi connectivity index (χ1v) is 6.63. The predicted molar refractivity (Wildman–Crippen MR) is 68.5 cm³/mol. The molecule has 1 N–H and O–H groups in total. The third-order valence-corrected chi connectivity index (χ3v) is 3.66. The molecule has 0 spiro atoms. The summed E-state index contributed by atoms with van der Waals surface area (Å²) in [5.74, 6) is 1.93. The Morgan fingerprint density at radius 1 is 1.33 bits per heavy atom. The maximum Gasteiger partial charge on any atom is 0.0882 e. The summed E-state index contributed by atoms with van der Waals surface area (Å²) in [5, 5.41) is 10.00. The van der Waals surface area contributed by atoms with Crippen molar-refractivity contribution in [3.05, 3.63) is 34.9 Å². The van der Waals surface area contributed by atoms with Crippen LogP contribution in [0.5, 0.6) is 0 Å². The predicted octanol–water partition coefficient (Wildman–Crippen LogP) is 3.48. The number of aliphatic hydroxyl groups is 1. The molecule has 0 aliphatic carbocycles. The van der Waals surface area contributed by atoms with Gasteiger partial charge in [0.1, 0.15) is 0 Å². The van der Waals surface area contributed by atoms with Crippen molar-refractivity contribution in [2.45, 2.75) is 33.3 Å². The van der Waals surface area contributed by atoms with Crippen LogP contribution in [0.1, 0.15) is 36.1 Å². The minimum Gasteiger partial charge on any atom is -0.388 e. The molecule has 84 valence electrons. The van der Waals surface area contributed by atoms with Gasteiger partial charge in [-0.25, -0.2) is 0 Å². The smallest absolute Gasteiger partial charge is 0.0882 e. The van der Waals surface area contributed by atoms with E-state index in [0.717, 1.165) is 17.1 Å². The second kappa shape index (κ2) is 6.19. The highest BCUT2D eigenvalue weighted by molar-refractivity contribution is 7.99. The third kappa shape index (κ3) is 3.88. The van der Waals surface area contributed by atoms with Gasteiger partial charge in [0, 0.05) is 5.75 Å². The average Bonchev–Trinajstić information content (AvgIpc) is 2.17. The van der Waals surface area contributed by atoms with Gasteiger partial charge < -0.3 is 5.11 Å². The van der Waals surface area contributed by atoms with E-state index in [1.54, 1.807) is 0 Å². The fourth-order valence-electron chi connectivity index (χ4n) is 1.63. The van der Waals surface area contributed by atoms with Gasteiger partial charge in [-0.3, -0.25) is 0 Å². The number of hydrogen-bond donors (Lipinski definition) is 1. The summed E-state index contributed by atoms with van der Waals surface area (Å²) in [6.07, 6.45) is 0.853. The summed E-state index contributed by atoms with van der Waals surface area (Å²) in [6, 6.07) is 6.24. The first-order chi connectivity index (χ1) is 7.15. The van der Waals surface area contributed by atoms with Gasteiger partial charge in [-0.1, -0.05) is 30.7 Å². The normalized spacial score (nSPS) is 12.8. The quantitative estimate of drug-likeness (QED) is 0.773. The highest BCUT2D eigenvalue weighted by Gasteiger charge is 2.09. The van der Waals surface area contributed by atoms with Crippen molar-refractivity contribution in [3.8, 4) is 0 Å². The lowest BCUT2D eigenvalue weighted by Gasteiger charge is -2.13. The molecule has 0 saturated carbocycles. The van der Waals surface area contributed by atoms with Crippen molar-refractivity contribution in [2.75, 3.05) is 11.5 Å². The first-order valence-electron chi connectivity index (χ1n) is 5.48. The van der Waals surface area contributed by atoms with Gasteiger partial charge >= 0.3 is 0 Å². The Morgan fingerprint density at radius 3 is 2.67 bits per heavy atom. The standard InChI is InChI=1S/C13H20OS/c1-4-7-15-9-13(14)12-6-5-10(2)8-11(12)3/h5-6,8,13-14H,4,7,9H2,1-3H3. The number of thioether (sulfide) groups is 1. The van der Waals surface area contributed by atoms with E-state index in [-0.39, 0.29) is 6.10 Å². The lowest BCUT2D eigenvalue weighted by atomic mass is 10.0. The molecule has 1 nitrogen and oxygen atoms in total. The maximum atomic E-state index is 10.00. The average molecular weight is 224 g/mol. The van der Waals surface area contributed by atoms with E-state index in [0.29, 0.717) is 0 Å². The Balaban J connectivity index is 2.61. The minimum atomic E-state index is -0.317. The molecule has 0 amide bonds. The topological polar surface area (TPSA) is 20.2 Å². The highest BCUT2D eigenvalue weighted by Crippen LogP contribution is 2.22. The van der Waals surface area contributed by atoms with Crippen LogP contribution in [0.2, 0.25) is 0 Å². The summed E-state index contributed by atoms with van der Waals surface area (Å²) < 4.78 is 0. The highest BCUT2D eigenvalue weighted by atomic mass is 32.2. The van der Waals surface area contributed by atoms with Crippen molar-refractivity contribution in [1.29, 1.82) is 0 Å². The van der Waals surface area contributed by atoms with Crippen molar-refractivity contribution < 1.29 is 5.11 Å². The second-order valence-electron chi connectivity index (χ2n) is 3.95. The zero-order valence-electron chi connectivity index (χ0n) is 9.79. The van der Waals surface area contributed by atoms with E-state index in [4.69, 9.17) is 0 Å². The molecule has 15 heavy (non-hydrogen) atoms. The van der Waals surface area contributed by atoms with Gasteiger partial charge in [0.05, 0.1) is 6.10 Å². The summed E-state index contributed by atoms with van der Waals surface area (Å²) in [5.41, 5.74) is 3.52. The number of rotatable bonds is 5. The number of aliphatic hydroxyl groups excluding tert-OH is 1. The van der Waals surface area contributed by atoms with Gasteiger partial charge in [-0.2, -0.15) is 11.8 Å². The van der Waals surface area contributed by atoms with E-state index in [1.165, 1.54) is 17.5 Å². The Bertz CT molecular complexity index is 309. The van der Waals surface area contributed by atoms with E-state index in [9.17, 15) is 5.11 Å². The molecule has 0 bridgehead atoms. The van der Waals surface area contributed by atoms with Gasteiger partial charge in [-0.05, 0) is 37.1 Å². The Morgan fingerprint density at radius 2 is 2.07 bits per heavy atom. The molecule has 1 rings (SSSR count). The van der Waals surface area contributed by atoms with Crippen LogP contribution in [0, 0.1) is 13.8 Å². The zero-order valence-corrected chi connectivity index (χ0v) is 10.6. The van der Waals surface area contributed by atoms with Crippen LogP contribution >= 0.6 is 11.8 Å². The number of aryl methyl sites for hydroxylation is 2. The molecule has 0 aliphatic rings. The Hall–Kier alpha value is -0.470. The van der Waals surface area contributed by atoms with Crippen LogP contribution in [0.15, 0.2) is 18.2 Å². The van der Waals surface area contributed by atoms with Crippen molar-refractivity contribution in [1.82, 2.24) is 0 Å². The minimum absolute atomic E-state index is 0.317. The van der Waals surface area contributed by atoms with E-state index in [2.05, 4.69) is 32.9 Å². The molecule has 0 aliphatic heterocycles. The molecule has 1 unspecified atom stereocenters. The van der Waals surface area contributed by atoms with Gasteiger partial charge in [0.15, 0.2) is 0 Å². The van der Waals surface area contributed by atoms with Crippen molar-refractivity contribution in [2.24, 2.45) is 0 Å². The third-order valence-electron chi connectivity index (χ3n) is 2.41. The molecule has 1 aromatic rings. The first kappa shape index (κ1) is 12.6. The molecule has 1 atom stereocenters. The summed E-state index contributed by atoms with van der Waals surface area (Å²) >= 11 is 1.82.